The molecule has 0 saturated carbocycles. The summed E-state index contributed by atoms with van der Waals surface area (Å²) in [6.45, 7) is 1.93. The minimum Gasteiger partial charge on any atom is -0.509 e. The third-order valence-electron chi connectivity index (χ3n) is 5.89. The maximum absolute atomic E-state index is 14.5. The molecule has 0 aliphatic carbocycles. The average molecular weight is 589 g/mol. The van der Waals surface area contributed by atoms with Gasteiger partial charge >= 0.3 is 0 Å². The number of carbonyl (C=O) groups is 2. The van der Waals surface area contributed by atoms with Crippen molar-refractivity contribution in [2.75, 3.05) is 11.9 Å². The van der Waals surface area contributed by atoms with Crippen molar-refractivity contribution in [3.8, 4) is 0 Å². The third-order valence-corrected chi connectivity index (χ3v) is 7.14. The van der Waals surface area contributed by atoms with Crippen molar-refractivity contribution in [2.45, 2.75) is 31.8 Å². The molecular formula is C22H18Br2F3N3O3. The van der Waals surface area contributed by atoms with Gasteiger partial charge in [0, 0.05) is 22.3 Å². The monoisotopic (exact) mass is 587 g/mol. The van der Waals surface area contributed by atoms with E-state index in [2.05, 4.69) is 37.2 Å². The zero-order valence-corrected chi connectivity index (χ0v) is 20.4. The summed E-state index contributed by atoms with van der Waals surface area (Å²) in [6, 6.07) is 6.19. The number of benzene rings is 2. The van der Waals surface area contributed by atoms with Gasteiger partial charge in [0.2, 0.25) is 0 Å². The van der Waals surface area contributed by atoms with Gasteiger partial charge < -0.3 is 10.4 Å². The number of anilines is 1. The molecule has 2 amide bonds. The largest absolute Gasteiger partial charge is 0.509 e. The molecule has 0 radical (unpaired) electrons. The molecule has 11 heteroatoms. The van der Waals surface area contributed by atoms with Crippen LogP contribution in [0.5, 0.6) is 0 Å². The lowest BCUT2D eigenvalue weighted by atomic mass is 9.90. The molecule has 33 heavy (non-hydrogen) atoms. The Balaban J connectivity index is 1.71. The first kappa shape index (κ1) is 23.8. The zero-order valence-electron chi connectivity index (χ0n) is 17.3. The summed E-state index contributed by atoms with van der Waals surface area (Å²) >= 11 is 5.94. The van der Waals surface area contributed by atoms with Gasteiger partial charge in [0.05, 0.1) is 16.6 Å². The van der Waals surface area contributed by atoms with E-state index in [0.29, 0.717) is 23.9 Å². The number of nitrogens with zero attached hydrogens (tertiary/aromatic N) is 2. The summed E-state index contributed by atoms with van der Waals surface area (Å²) in [5.74, 6) is -4.73. The predicted octanol–water partition coefficient (Wildman–Crippen LogP) is 5.19. The van der Waals surface area contributed by atoms with E-state index in [-0.39, 0.29) is 17.8 Å². The fourth-order valence-corrected chi connectivity index (χ4v) is 4.74. The zero-order chi connectivity index (χ0) is 24.1. The number of aliphatic hydroxyl groups excluding tert-OH is 1. The van der Waals surface area contributed by atoms with E-state index in [1.54, 1.807) is 18.0 Å². The molecule has 2 heterocycles. The van der Waals surface area contributed by atoms with Gasteiger partial charge in [-0.05, 0) is 60.0 Å². The molecule has 0 bridgehead atoms. The van der Waals surface area contributed by atoms with E-state index in [9.17, 15) is 27.9 Å². The number of carbonyl (C=O) groups excluding carboxylic acids is 2. The highest BCUT2D eigenvalue weighted by atomic mass is 79.9. The second kappa shape index (κ2) is 8.77. The second-order valence-electron chi connectivity index (χ2n) is 8.03. The van der Waals surface area contributed by atoms with Gasteiger partial charge in [0.25, 0.3) is 11.8 Å². The lowest BCUT2D eigenvalue weighted by Gasteiger charge is -2.46. The number of hydrogen-bond donors (Lipinski definition) is 2. The van der Waals surface area contributed by atoms with Gasteiger partial charge in [-0.25, -0.2) is 18.2 Å². The van der Waals surface area contributed by atoms with Crippen LogP contribution < -0.4 is 5.32 Å². The van der Waals surface area contributed by atoms with Gasteiger partial charge in [-0.15, -0.1) is 0 Å². The number of amides is 2. The quantitative estimate of drug-likeness (QED) is 0.381. The molecule has 2 aliphatic rings. The van der Waals surface area contributed by atoms with Crippen LogP contribution in [0.4, 0.5) is 18.9 Å². The van der Waals surface area contributed by atoms with E-state index >= 15 is 0 Å². The molecule has 6 nitrogen and oxygen atoms in total. The van der Waals surface area contributed by atoms with Crippen molar-refractivity contribution in [2.24, 2.45) is 0 Å². The fraction of sp³-hybridized carbons (Fsp3) is 0.273. The summed E-state index contributed by atoms with van der Waals surface area (Å²) < 4.78 is 42.4. The van der Waals surface area contributed by atoms with Crippen molar-refractivity contribution in [3.05, 3.63) is 73.6 Å². The number of fused-ring (bicyclic) bond motifs is 1. The van der Waals surface area contributed by atoms with Crippen LogP contribution in [0, 0.1) is 17.5 Å². The molecular weight excluding hydrogens is 571 g/mol. The summed E-state index contributed by atoms with van der Waals surface area (Å²) in [4.78, 5) is 26.3. The second-order valence-corrected chi connectivity index (χ2v) is 9.74. The van der Waals surface area contributed by atoms with E-state index in [4.69, 9.17) is 0 Å². The summed E-state index contributed by atoms with van der Waals surface area (Å²) in [6.07, 6.45) is 1.08. The maximum atomic E-state index is 14.5. The van der Waals surface area contributed by atoms with Crippen LogP contribution in [0.25, 0.3) is 0 Å². The van der Waals surface area contributed by atoms with Crippen LogP contribution >= 0.6 is 31.9 Å². The maximum Gasteiger partial charge on any atom is 0.277 e. The average Bonchev–Trinajstić information content (AvgIpc) is 3.14. The summed E-state index contributed by atoms with van der Waals surface area (Å²) in [5.41, 5.74) is -1.63. The van der Waals surface area contributed by atoms with Crippen molar-refractivity contribution < 1.29 is 27.9 Å². The SMILES string of the molecule is C[C@]12CCCN1N(Cc1ccc(Br)cc1F)C(=O)C(C(=O)Nc1cc(F)c(Br)c(F)c1)=C2O. The molecule has 1 fully saturated rings. The van der Waals surface area contributed by atoms with Crippen LogP contribution in [-0.4, -0.2) is 39.0 Å². The fourth-order valence-electron chi connectivity index (χ4n) is 4.18. The molecule has 2 aliphatic heterocycles. The normalized spacial score (nSPS) is 20.9. The van der Waals surface area contributed by atoms with Crippen LogP contribution in [0.2, 0.25) is 0 Å². The Morgan fingerprint density at radius 1 is 1.15 bits per heavy atom. The van der Waals surface area contributed by atoms with Crippen LogP contribution in [0.3, 0.4) is 0 Å². The third kappa shape index (κ3) is 4.17. The number of aliphatic hydroxyl groups is 1. The first-order chi connectivity index (χ1) is 15.5. The lowest BCUT2D eigenvalue weighted by Crippen LogP contribution is -2.60. The molecule has 0 aromatic heterocycles. The molecule has 1 atom stereocenters. The smallest absolute Gasteiger partial charge is 0.277 e. The van der Waals surface area contributed by atoms with Crippen LogP contribution in [0.1, 0.15) is 25.3 Å². The highest BCUT2D eigenvalue weighted by molar-refractivity contribution is 9.10. The van der Waals surface area contributed by atoms with Crippen LogP contribution in [-0.2, 0) is 16.1 Å². The molecule has 0 unspecified atom stereocenters. The topological polar surface area (TPSA) is 72.9 Å². The summed E-state index contributed by atoms with van der Waals surface area (Å²) in [5, 5.41) is 16.1. The minimum absolute atomic E-state index is 0.168. The van der Waals surface area contributed by atoms with E-state index in [1.165, 1.54) is 17.1 Å². The first-order valence-corrected chi connectivity index (χ1v) is 11.5. The standard InChI is InChI=1S/C22H18Br2F3N3O3/c1-22-5-2-6-30(22)29(10-11-3-4-12(23)7-14(11)25)21(33)17(19(22)31)20(32)28-13-8-15(26)18(24)16(27)9-13/h3-4,7-9,31H,2,5-6,10H2,1H3,(H,28,32)/t22-/m1/s1. The van der Waals surface area contributed by atoms with Gasteiger partial charge in [-0.3, -0.25) is 14.6 Å². The minimum atomic E-state index is -1.07. The number of hydrazine groups is 1. The Bertz CT molecular complexity index is 1180. The number of rotatable bonds is 4. The molecule has 2 aromatic carbocycles. The molecule has 2 N–H and O–H groups in total. The van der Waals surface area contributed by atoms with Gasteiger partial charge in [-0.2, -0.15) is 0 Å². The Kier molecular flexibility index (Phi) is 6.32. The van der Waals surface area contributed by atoms with Crippen LogP contribution in [0.15, 0.2) is 50.6 Å². The molecule has 2 aromatic rings. The molecule has 1 saturated heterocycles. The van der Waals surface area contributed by atoms with Gasteiger partial charge in [0.1, 0.15) is 28.8 Å². The van der Waals surface area contributed by atoms with Gasteiger partial charge in [-0.1, -0.05) is 22.0 Å². The Morgan fingerprint density at radius 2 is 1.82 bits per heavy atom. The van der Waals surface area contributed by atoms with Gasteiger partial charge in [0.15, 0.2) is 0 Å². The van der Waals surface area contributed by atoms with E-state index in [1.807, 2.05) is 0 Å². The summed E-state index contributed by atoms with van der Waals surface area (Å²) in [7, 11) is 0. The Hall–Kier alpha value is -2.37. The highest BCUT2D eigenvalue weighted by Crippen LogP contribution is 2.42. The molecule has 174 valence electrons. The van der Waals surface area contributed by atoms with Crippen molar-refractivity contribution in [3.63, 3.8) is 0 Å². The Labute approximate surface area is 204 Å². The van der Waals surface area contributed by atoms with Crippen molar-refractivity contribution in [1.82, 2.24) is 10.0 Å². The van der Waals surface area contributed by atoms with Crippen molar-refractivity contribution in [1.29, 1.82) is 0 Å². The lowest BCUT2D eigenvalue weighted by molar-refractivity contribution is -0.160. The molecule has 0 spiro atoms. The number of hydrogen-bond acceptors (Lipinski definition) is 4. The van der Waals surface area contributed by atoms with E-state index < -0.39 is 50.6 Å². The molecule has 4 rings (SSSR count). The number of nitrogens with one attached hydrogen (secondary N) is 1. The Morgan fingerprint density at radius 3 is 2.45 bits per heavy atom. The van der Waals surface area contributed by atoms with E-state index in [0.717, 1.165) is 12.1 Å². The predicted molar refractivity (Wildman–Crippen MR) is 121 cm³/mol. The highest BCUT2D eigenvalue weighted by Gasteiger charge is 2.52. The first-order valence-electron chi connectivity index (χ1n) is 9.96. The van der Waals surface area contributed by atoms with Crippen molar-refractivity contribution >= 4 is 49.4 Å². The number of halogens is 5.